The van der Waals surface area contributed by atoms with Crippen LogP contribution in [0.25, 0.3) is 6.08 Å². The van der Waals surface area contributed by atoms with Gasteiger partial charge in [0.15, 0.2) is 0 Å². The first-order valence-electron chi connectivity index (χ1n) is 8.80. The van der Waals surface area contributed by atoms with Gasteiger partial charge in [0, 0.05) is 25.5 Å². The molecule has 1 heterocycles. The largest absolute Gasteiger partial charge is 0.378 e. The normalized spacial score (nSPS) is 15.8. The zero-order chi connectivity index (χ0) is 16.8. The van der Waals surface area contributed by atoms with Crippen molar-refractivity contribution < 1.29 is 4.90 Å². The second-order valence-electron chi connectivity index (χ2n) is 6.67. The molecule has 1 N–H and O–H groups in total. The molecule has 0 atom stereocenters. The summed E-state index contributed by atoms with van der Waals surface area (Å²) in [6.45, 7) is 5.81. The first-order valence-corrected chi connectivity index (χ1v) is 8.80. The van der Waals surface area contributed by atoms with Gasteiger partial charge in [0.2, 0.25) is 0 Å². The Morgan fingerprint density at radius 2 is 1.62 bits per heavy atom. The van der Waals surface area contributed by atoms with Crippen molar-refractivity contribution in [3.05, 3.63) is 66.2 Å². The Morgan fingerprint density at radius 3 is 2.25 bits per heavy atom. The average molecular weight is 322 g/mol. The summed E-state index contributed by atoms with van der Waals surface area (Å²) >= 11 is 0. The first kappa shape index (κ1) is 16.6. The van der Waals surface area contributed by atoms with Crippen LogP contribution in [0.4, 0.5) is 11.4 Å². The zero-order valence-electron chi connectivity index (χ0n) is 14.8. The van der Waals surface area contributed by atoms with E-state index < -0.39 is 0 Å². The third-order valence-electron chi connectivity index (χ3n) is 4.72. The minimum absolute atomic E-state index is 1.11. The summed E-state index contributed by atoms with van der Waals surface area (Å²) in [4.78, 5) is 6.29. The summed E-state index contributed by atoms with van der Waals surface area (Å²) in [6, 6.07) is 19.5. The Hall–Kier alpha value is -2.26. The Balaban J connectivity index is 1.46. The van der Waals surface area contributed by atoms with Gasteiger partial charge >= 0.3 is 0 Å². The number of hydrogen-bond donors (Lipinski definition) is 1. The van der Waals surface area contributed by atoms with E-state index in [2.05, 4.69) is 90.6 Å². The van der Waals surface area contributed by atoms with E-state index in [1.165, 1.54) is 30.0 Å². The van der Waals surface area contributed by atoms with Crippen LogP contribution >= 0.6 is 0 Å². The maximum Gasteiger partial charge on any atom is 0.0962 e. The van der Waals surface area contributed by atoms with Gasteiger partial charge < -0.3 is 14.7 Å². The van der Waals surface area contributed by atoms with Crippen LogP contribution in [0.15, 0.2) is 60.7 Å². The molecular weight excluding hydrogens is 294 g/mol. The lowest BCUT2D eigenvalue weighted by Crippen LogP contribution is -3.14. The van der Waals surface area contributed by atoms with E-state index in [1.54, 1.807) is 4.90 Å². The monoisotopic (exact) mass is 322 g/mol. The number of hydrogen-bond acceptors (Lipinski definition) is 2. The molecule has 0 radical (unpaired) electrons. The van der Waals surface area contributed by atoms with Crippen molar-refractivity contribution in [1.82, 2.24) is 0 Å². The molecule has 0 bridgehead atoms. The molecule has 2 aromatic carbocycles. The standard InChI is InChI=1S/C21H27N3/c1-22(2)20-12-10-19(11-13-20)7-6-14-23-15-17-24(18-16-23)21-8-4-3-5-9-21/h3-13H,14-18H2,1-2H3/p+1/b7-6+. The van der Waals surface area contributed by atoms with Crippen LogP contribution in [0, 0.1) is 0 Å². The molecule has 126 valence electrons. The van der Waals surface area contributed by atoms with Crippen LogP contribution < -0.4 is 14.7 Å². The number of benzene rings is 2. The van der Waals surface area contributed by atoms with Crippen LogP contribution in [0.2, 0.25) is 0 Å². The van der Waals surface area contributed by atoms with Crippen molar-refractivity contribution in [1.29, 1.82) is 0 Å². The highest BCUT2D eigenvalue weighted by Crippen LogP contribution is 2.13. The molecule has 3 nitrogen and oxygen atoms in total. The fourth-order valence-electron chi connectivity index (χ4n) is 3.17. The molecule has 24 heavy (non-hydrogen) atoms. The predicted octanol–water partition coefficient (Wildman–Crippen LogP) is 2.17. The van der Waals surface area contributed by atoms with Crippen molar-refractivity contribution in [2.45, 2.75) is 0 Å². The van der Waals surface area contributed by atoms with Gasteiger partial charge in [-0.25, -0.2) is 0 Å². The van der Waals surface area contributed by atoms with Gasteiger partial charge in [0.25, 0.3) is 0 Å². The molecule has 3 rings (SSSR count). The number of quaternary nitrogens is 1. The summed E-state index contributed by atoms with van der Waals surface area (Å²) in [6.07, 6.45) is 4.56. The number of anilines is 2. The van der Waals surface area contributed by atoms with Gasteiger partial charge in [-0.15, -0.1) is 0 Å². The predicted molar refractivity (Wildman–Crippen MR) is 104 cm³/mol. The SMILES string of the molecule is CN(C)c1ccc(/C=C/C[NH+]2CCN(c3ccccc3)CC2)cc1. The van der Waals surface area contributed by atoms with Crippen LogP contribution in [0.1, 0.15) is 5.56 Å². The molecule has 0 unspecified atom stereocenters. The Kier molecular flexibility index (Phi) is 5.55. The summed E-state index contributed by atoms with van der Waals surface area (Å²) < 4.78 is 0. The van der Waals surface area contributed by atoms with Crippen molar-refractivity contribution in [2.24, 2.45) is 0 Å². The minimum atomic E-state index is 1.11. The van der Waals surface area contributed by atoms with Crippen LogP contribution in [-0.2, 0) is 0 Å². The van der Waals surface area contributed by atoms with Gasteiger partial charge in [-0.2, -0.15) is 0 Å². The minimum Gasteiger partial charge on any atom is -0.378 e. The molecule has 0 saturated carbocycles. The van der Waals surface area contributed by atoms with Crippen molar-refractivity contribution >= 4 is 17.5 Å². The van der Waals surface area contributed by atoms with E-state index in [0.29, 0.717) is 0 Å². The topological polar surface area (TPSA) is 10.9 Å². The summed E-state index contributed by atoms with van der Waals surface area (Å²) in [5.41, 5.74) is 3.88. The molecule has 0 amide bonds. The summed E-state index contributed by atoms with van der Waals surface area (Å²) in [5, 5.41) is 0. The van der Waals surface area contributed by atoms with Crippen LogP contribution in [0.3, 0.4) is 0 Å². The van der Waals surface area contributed by atoms with Crippen molar-refractivity contribution in [2.75, 3.05) is 56.6 Å². The lowest BCUT2D eigenvalue weighted by atomic mass is 10.2. The average Bonchev–Trinajstić information content (AvgIpc) is 2.63. The smallest absolute Gasteiger partial charge is 0.0962 e. The molecule has 1 fully saturated rings. The van der Waals surface area contributed by atoms with E-state index in [-0.39, 0.29) is 0 Å². The van der Waals surface area contributed by atoms with Gasteiger partial charge in [-0.1, -0.05) is 36.4 Å². The number of nitrogens with one attached hydrogen (secondary N) is 1. The molecule has 0 spiro atoms. The molecule has 1 saturated heterocycles. The lowest BCUT2D eigenvalue weighted by Gasteiger charge is -2.33. The maximum absolute atomic E-state index is 2.49. The second-order valence-corrected chi connectivity index (χ2v) is 6.67. The van der Waals surface area contributed by atoms with Crippen molar-refractivity contribution in [3.63, 3.8) is 0 Å². The van der Waals surface area contributed by atoms with E-state index >= 15 is 0 Å². The highest BCUT2D eigenvalue weighted by atomic mass is 15.3. The third-order valence-corrected chi connectivity index (χ3v) is 4.72. The van der Waals surface area contributed by atoms with Gasteiger partial charge in [-0.05, 0) is 35.9 Å². The number of piperazine rings is 1. The molecule has 1 aliphatic rings. The lowest BCUT2D eigenvalue weighted by molar-refractivity contribution is -0.894. The highest BCUT2D eigenvalue weighted by molar-refractivity contribution is 5.55. The Morgan fingerprint density at radius 1 is 0.958 bits per heavy atom. The second kappa shape index (κ2) is 8.02. The maximum atomic E-state index is 2.49. The molecular formula is C21H28N3+. The van der Waals surface area contributed by atoms with E-state index in [0.717, 1.165) is 19.6 Å². The third kappa shape index (κ3) is 4.39. The number of para-hydroxylation sites is 1. The molecule has 2 aromatic rings. The van der Waals surface area contributed by atoms with E-state index in [1.807, 2.05) is 0 Å². The fourth-order valence-corrected chi connectivity index (χ4v) is 3.17. The summed E-state index contributed by atoms with van der Waals surface area (Å²) in [5.74, 6) is 0. The molecule has 1 aliphatic heterocycles. The van der Waals surface area contributed by atoms with Crippen LogP contribution in [-0.4, -0.2) is 46.8 Å². The highest BCUT2D eigenvalue weighted by Gasteiger charge is 2.18. The molecule has 3 heteroatoms. The van der Waals surface area contributed by atoms with E-state index in [9.17, 15) is 0 Å². The van der Waals surface area contributed by atoms with Crippen molar-refractivity contribution in [3.8, 4) is 0 Å². The van der Waals surface area contributed by atoms with Crippen LogP contribution in [0.5, 0.6) is 0 Å². The summed E-state index contributed by atoms with van der Waals surface area (Å²) in [7, 11) is 4.15. The van der Waals surface area contributed by atoms with Gasteiger partial charge in [0.1, 0.15) is 0 Å². The molecule has 0 aliphatic carbocycles. The number of nitrogens with zero attached hydrogens (tertiary/aromatic N) is 2. The van der Waals surface area contributed by atoms with Gasteiger partial charge in [0.05, 0.1) is 32.7 Å². The Labute approximate surface area is 145 Å². The Bertz CT molecular complexity index is 639. The number of rotatable bonds is 5. The first-order chi connectivity index (χ1) is 11.7. The quantitative estimate of drug-likeness (QED) is 0.905. The zero-order valence-corrected chi connectivity index (χ0v) is 14.8. The fraction of sp³-hybridized carbons (Fsp3) is 0.333. The van der Waals surface area contributed by atoms with Gasteiger partial charge in [-0.3, -0.25) is 0 Å². The molecule has 0 aromatic heterocycles. The van der Waals surface area contributed by atoms with E-state index in [4.69, 9.17) is 0 Å².